The molecule has 0 fully saturated rings. The molecule has 0 radical (unpaired) electrons. The van der Waals surface area contributed by atoms with Crippen LogP contribution in [0, 0.1) is 5.41 Å². The highest BCUT2D eigenvalue weighted by Gasteiger charge is 2.17. The van der Waals surface area contributed by atoms with Crippen molar-refractivity contribution in [1.82, 2.24) is 33.8 Å². The quantitative estimate of drug-likeness (QED) is 0.363. The first-order valence-corrected chi connectivity index (χ1v) is 10.8. The summed E-state index contributed by atoms with van der Waals surface area (Å²) in [6.07, 6.45) is 10.9. The number of aryl methyl sites for hydroxylation is 2. The molecule has 0 saturated heterocycles. The fourth-order valence-electron chi connectivity index (χ4n) is 3.89. The van der Waals surface area contributed by atoms with Crippen molar-refractivity contribution in [2.24, 2.45) is 0 Å². The number of pyridine rings is 3. The number of hydrogen-bond acceptors (Lipinski definition) is 6. The Hall–Kier alpha value is -4.60. The monoisotopic (exact) mass is 454 g/mol. The zero-order valence-electron chi connectivity index (χ0n) is 18.3. The third-order valence-electron chi connectivity index (χ3n) is 5.60. The van der Waals surface area contributed by atoms with Crippen molar-refractivity contribution in [1.29, 1.82) is 5.41 Å². The lowest BCUT2D eigenvalue weighted by molar-refractivity contribution is 0.0948. The first kappa shape index (κ1) is 21.3. The van der Waals surface area contributed by atoms with Gasteiger partial charge in [-0.3, -0.25) is 24.4 Å². The molecule has 5 heterocycles. The van der Waals surface area contributed by atoms with Crippen molar-refractivity contribution >= 4 is 22.6 Å². The van der Waals surface area contributed by atoms with Crippen LogP contribution in [0.4, 0.5) is 0 Å². The number of imidazole rings is 1. The summed E-state index contributed by atoms with van der Waals surface area (Å²) in [5, 5.41) is 11.9. The van der Waals surface area contributed by atoms with Crippen LogP contribution in [0.3, 0.4) is 0 Å². The van der Waals surface area contributed by atoms with E-state index in [1.165, 1.54) is 10.5 Å². The van der Waals surface area contributed by atoms with Gasteiger partial charge < -0.3 is 14.5 Å². The molecule has 5 aromatic heterocycles. The summed E-state index contributed by atoms with van der Waals surface area (Å²) in [4.78, 5) is 39.1. The molecule has 0 aliphatic rings. The topological polar surface area (TPSA) is 123 Å². The van der Waals surface area contributed by atoms with Crippen LogP contribution in [0.15, 0.2) is 78.5 Å². The molecule has 0 atom stereocenters. The first-order valence-electron chi connectivity index (χ1n) is 10.8. The number of carbonyl (C=O) groups excluding carboxylic acids is 1. The molecule has 10 nitrogen and oxygen atoms in total. The van der Waals surface area contributed by atoms with Crippen LogP contribution in [0.25, 0.3) is 16.7 Å². The molecule has 1 amide bonds. The highest BCUT2D eigenvalue weighted by atomic mass is 16.1. The fourth-order valence-corrected chi connectivity index (χ4v) is 3.89. The van der Waals surface area contributed by atoms with Crippen LogP contribution in [-0.2, 0) is 19.6 Å². The average Bonchev–Trinajstić information content (AvgIpc) is 3.38. The maximum Gasteiger partial charge on any atom is 0.267 e. The fraction of sp³-hybridized carbons (Fsp3) is 0.167. The summed E-state index contributed by atoms with van der Waals surface area (Å²) in [6.45, 7) is 1.35. The standard InChI is InChI=1S/C24H22N8O2/c25-21-18(23(33)28-15-17-5-3-7-26-14-17)13-19-22(29-20-6-1-2-10-31(20)24(19)34)32(21)11-4-9-30-12-8-27-16-30/h1-3,5-8,10,12-14,16,25H,4,9,11,15H2,(H,28,33). The van der Waals surface area contributed by atoms with Gasteiger partial charge in [-0.15, -0.1) is 0 Å². The van der Waals surface area contributed by atoms with Crippen LogP contribution in [0.2, 0.25) is 0 Å². The number of aromatic nitrogens is 6. The van der Waals surface area contributed by atoms with Crippen LogP contribution < -0.4 is 16.4 Å². The number of fused-ring (bicyclic) bond motifs is 2. The van der Waals surface area contributed by atoms with Gasteiger partial charge in [-0.1, -0.05) is 12.1 Å². The predicted molar refractivity (Wildman–Crippen MR) is 125 cm³/mol. The molecule has 0 unspecified atom stereocenters. The Kier molecular flexibility index (Phi) is 5.69. The second kappa shape index (κ2) is 9.10. The molecule has 0 bridgehead atoms. The van der Waals surface area contributed by atoms with E-state index in [1.54, 1.807) is 59.9 Å². The summed E-state index contributed by atoms with van der Waals surface area (Å²) >= 11 is 0. The van der Waals surface area contributed by atoms with E-state index >= 15 is 0 Å². The Labute approximate surface area is 193 Å². The Morgan fingerprint density at radius 2 is 1.97 bits per heavy atom. The molecule has 0 aliphatic heterocycles. The van der Waals surface area contributed by atoms with Gasteiger partial charge in [-0.05, 0) is 36.2 Å². The molecule has 170 valence electrons. The van der Waals surface area contributed by atoms with Gasteiger partial charge in [0.15, 0.2) is 0 Å². The third kappa shape index (κ3) is 4.08. The second-order valence-electron chi connectivity index (χ2n) is 7.84. The highest BCUT2D eigenvalue weighted by molar-refractivity contribution is 5.96. The lowest BCUT2D eigenvalue weighted by Crippen LogP contribution is -2.35. The van der Waals surface area contributed by atoms with E-state index in [-0.39, 0.29) is 28.5 Å². The normalized spacial score (nSPS) is 11.2. The van der Waals surface area contributed by atoms with Crippen LogP contribution in [-0.4, -0.2) is 34.4 Å². The van der Waals surface area contributed by atoms with E-state index in [0.717, 1.165) is 5.56 Å². The van der Waals surface area contributed by atoms with Crippen LogP contribution in [0.5, 0.6) is 0 Å². The minimum absolute atomic E-state index is 0.00833. The van der Waals surface area contributed by atoms with Crippen molar-refractivity contribution in [3.8, 4) is 0 Å². The molecule has 0 saturated carbocycles. The maximum atomic E-state index is 13.3. The highest BCUT2D eigenvalue weighted by Crippen LogP contribution is 2.11. The summed E-state index contributed by atoms with van der Waals surface area (Å²) in [7, 11) is 0. The molecule has 5 rings (SSSR count). The van der Waals surface area contributed by atoms with Gasteiger partial charge in [0, 0.05) is 50.6 Å². The Balaban J connectivity index is 1.57. The summed E-state index contributed by atoms with van der Waals surface area (Å²) in [5.41, 5.74) is 1.55. The third-order valence-corrected chi connectivity index (χ3v) is 5.60. The number of carbonyl (C=O) groups is 1. The minimum Gasteiger partial charge on any atom is -0.348 e. The summed E-state index contributed by atoms with van der Waals surface area (Å²) in [5.74, 6) is -0.434. The SMILES string of the molecule is N=c1c(C(=O)NCc2cccnc2)cc2c(=O)n3ccccc3nc2n1CCCn1ccnc1. The molecule has 2 N–H and O–H groups in total. The van der Waals surface area contributed by atoms with E-state index in [1.807, 2.05) is 16.8 Å². The summed E-state index contributed by atoms with van der Waals surface area (Å²) < 4.78 is 5.02. The minimum atomic E-state index is -0.434. The number of nitrogens with one attached hydrogen (secondary N) is 2. The maximum absolute atomic E-state index is 13.3. The number of hydrogen-bond donors (Lipinski definition) is 2. The van der Waals surface area contributed by atoms with Crippen LogP contribution >= 0.6 is 0 Å². The largest absolute Gasteiger partial charge is 0.348 e. The smallest absolute Gasteiger partial charge is 0.267 e. The van der Waals surface area contributed by atoms with Crippen molar-refractivity contribution in [3.05, 3.63) is 101 Å². The van der Waals surface area contributed by atoms with Gasteiger partial charge in [0.25, 0.3) is 11.5 Å². The predicted octanol–water partition coefficient (Wildman–Crippen LogP) is 1.74. The van der Waals surface area contributed by atoms with Gasteiger partial charge in [0.1, 0.15) is 16.8 Å². The molecule has 0 aliphatic carbocycles. The van der Waals surface area contributed by atoms with E-state index in [9.17, 15) is 9.59 Å². The van der Waals surface area contributed by atoms with E-state index < -0.39 is 5.91 Å². The van der Waals surface area contributed by atoms with E-state index in [4.69, 9.17) is 5.41 Å². The molecule has 0 aromatic carbocycles. The van der Waals surface area contributed by atoms with Crippen molar-refractivity contribution < 1.29 is 4.79 Å². The zero-order chi connectivity index (χ0) is 23.5. The molecule has 5 aromatic rings. The van der Waals surface area contributed by atoms with Crippen LogP contribution in [0.1, 0.15) is 22.3 Å². The lowest BCUT2D eigenvalue weighted by atomic mass is 10.2. The first-order chi connectivity index (χ1) is 16.6. The van der Waals surface area contributed by atoms with Gasteiger partial charge >= 0.3 is 0 Å². The molecular weight excluding hydrogens is 432 g/mol. The van der Waals surface area contributed by atoms with Crippen molar-refractivity contribution in [2.75, 3.05) is 0 Å². The second-order valence-corrected chi connectivity index (χ2v) is 7.84. The van der Waals surface area contributed by atoms with Gasteiger partial charge in [0.05, 0.1) is 17.3 Å². The van der Waals surface area contributed by atoms with Gasteiger partial charge in [-0.25, -0.2) is 9.97 Å². The zero-order valence-corrected chi connectivity index (χ0v) is 18.3. The van der Waals surface area contributed by atoms with E-state index in [2.05, 4.69) is 20.3 Å². The average molecular weight is 454 g/mol. The van der Waals surface area contributed by atoms with Crippen molar-refractivity contribution in [2.45, 2.75) is 26.1 Å². The number of nitrogens with zero attached hydrogens (tertiary/aromatic N) is 6. The summed E-state index contributed by atoms with van der Waals surface area (Å²) in [6, 6.07) is 10.4. The van der Waals surface area contributed by atoms with E-state index in [0.29, 0.717) is 30.8 Å². The molecule has 10 heteroatoms. The Morgan fingerprint density at radius 1 is 1.06 bits per heavy atom. The molecular formula is C24H22N8O2. The lowest BCUT2D eigenvalue weighted by Gasteiger charge is -2.15. The Morgan fingerprint density at radius 3 is 2.76 bits per heavy atom. The number of rotatable bonds is 7. The van der Waals surface area contributed by atoms with Gasteiger partial charge in [-0.2, -0.15) is 0 Å². The van der Waals surface area contributed by atoms with Crippen molar-refractivity contribution in [3.63, 3.8) is 0 Å². The van der Waals surface area contributed by atoms with Gasteiger partial charge in [0.2, 0.25) is 0 Å². The number of amides is 1. The molecule has 34 heavy (non-hydrogen) atoms. The Bertz CT molecular complexity index is 1590. The molecule has 0 spiro atoms.